The summed E-state index contributed by atoms with van der Waals surface area (Å²) in [7, 11) is 0. The molecule has 0 aliphatic heterocycles. The topological polar surface area (TPSA) is 0 Å². The summed E-state index contributed by atoms with van der Waals surface area (Å²) in [5.41, 5.74) is 0. The van der Waals surface area contributed by atoms with Crippen molar-refractivity contribution in [3.63, 3.8) is 0 Å². The van der Waals surface area contributed by atoms with Crippen molar-refractivity contribution in [3.8, 4) is 0 Å². The first-order chi connectivity index (χ1) is 2.50. The van der Waals surface area contributed by atoms with Gasteiger partial charge in [0.05, 0.1) is 0 Å². The minimum atomic E-state index is 0. The van der Waals surface area contributed by atoms with Gasteiger partial charge in [0.25, 0.3) is 0 Å². The van der Waals surface area contributed by atoms with Crippen LogP contribution in [0.3, 0.4) is 0 Å². The molecular weight excluding hydrogens is 83.0 g/mol. The van der Waals surface area contributed by atoms with Gasteiger partial charge >= 0.3 is 29.6 Å². The smallest absolute Gasteiger partial charge is 0.376 e. The minimum Gasteiger partial charge on any atom is -0.376 e. The molecule has 0 saturated heterocycles. The predicted octanol–water partition coefficient (Wildman–Crippen LogP) is -1.79. The molecule has 0 amide bonds. The SMILES string of the molecule is [Na+].[c-]1cc[cH-]c1. The Morgan fingerprint density at radius 3 is 2.50 bits per heavy atom. The third kappa shape index (κ3) is 1.71. The van der Waals surface area contributed by atoms with Crippen molar-refractivity contribution in [3.05, 3.63) is 30.3 Å². The maximum absolute atomic E-state index is 2.86. The molecule has 0 aliphatic rings. The molecule has 1 aromatic rings. The maximum Gasteiger partial charge on any atom is 1.00 e. The average Bonchev–Trinajstić information content (AvgIpc) is 1.76. The fraction of sp³-hybridized carbons (Fsp3) is 0. The van der Waals surface area contributed by atoms with Crippen LogP contribution < -0.4 is 29.6 Å². The zero-order valence-electron chi connectivity index (χ0n) is 3.81. The summed E-state index contributed by atoms with van der Waals surface area (Å²) >= 11 is 0. The molecule has 0 aliphatic carbocycles. The molecule has 0 nitrogen and oxygen atoms in total. The Balaban J connectivity index is 0.000000250. The normalized spacial score (nSPS) is 6.67. The van der Waals surface area contributed by atoms with E-state index in [2.05, 4.69) is 6.07 Å². The van der Waals surface area contributed by atoms with Gasteiger partial charge in [0.1, 0.15) is 0 Å². The Morgan fingerprint density at radius 2 is 2.33 bits per heavy atom. The Morgan fingerprint density at radius 1 is 1.50 bits per heavy atom. The fourth-order valence-corrected chi connectivity index (χ4v) is 0.278. The van der Waals surface area contributed by atoms with Gasteiger partial charge in [0.2, 0.25) is 0 Å². The second-order valence-electron chi connectivity index (χ2n) is 0.885. The van der Waals surface area contributed by atoms with Crippen molar-refractivity contribution in [2.45, 2.75) is 0 Å². The molecule has 0 aromatic heterocycles. The molecule has 1 rings (SSSR count). The maximum atomic E-state index is 2.86. The van der Waals surface area contributed by atoms with Crippen molar-refractivity contribution in [2.24, 2.45) is 0 Å². The Bertz CT molecular complexity index is 60.4. The molecule has 0 radical (unpaired) electrons. The molecule has 0 bridgehead atoms. The van der Waals surface area contributed by atoms with E-state index in [4.69, 9.17) is 0 Å². The van der Waals surface area contributed by atoms with Crippen molar-refractivity contribution < 1.29 is 29.6 Å². The molecule has 0 fully saturated rings. The van der Waals surface area contributed by atoms with Gasteiger partial charge in [-0.25, -0.2) is 0 Å². The Labute approximate surface area is 59.8 Å². The fourth-order valence-electron chi connectivity index (χ4n) is 0.278. The van der Waals surface area contributed by atoms with Crippen LogP contribution in [0.2, 0.25) is 0 Å². The van der Waals surface area contributed by atoms with Gasteiger partial charge in [-0.2, -0.15) is 0 Å². The predicted molar refractivity (Wildman–Crippen MR) is 20.9 cm³/mol. The number of hydrogen-bond acceptors (Lipinski definition) is 0. The van der Waals surface area contributed by atoms with Gasteiger partial charge in [-0.15, -0.1) is 0 Å². The molecule has 0 atom stereocenters. The van der Waals surface area contributed by atoms with Crippen LogP contribution in [0.25, 0.3) is 0 Å². The molecule has 0 spiro atoms. The summed E-state index contributed by atoms with van der Waals surface area (Å²) in [6, 6.07) is 10.5. The quantitative estimate of drug-likeness (QED) is 0.259. The summed E-state index contributed by atoms with van der Waals surface area (Å²) in [5.74, 6) is 0. The summed E-state index contributed by atoms with van der Waals surface area (Å²) in [6.45, 7) is 0. The van der Waals surface area contributed by atoms with E-state index in [-0.39, 0.29) is 29.6 Å². The third-order valence-electron chi connectivity index (χ3n) is 0.496. The van der Waals surface area contributed by atoms with E-state index in [9.17, 15) is 0 Å². The first kappa shape index (κ1) is 6.35. The van der Waals surface area contributed by atoms with Crippen molar-refractivity contribution in [1.29, 1.82) is 0 Å². The van der Waals surface area contributed by atoms with Crippen molar-refractivity contribution >= 4 is 0 Å². The molecule has 0 N–H and O–H groups in total. The first-order valence-electron chi connectivity index (χ1n) is 1.58. The minimum absolute atomic E-state index is 0. The van der Waals surface area contributed by atoms with Gasteiger partial charge < -0.3 is 30.3 Å². The van der Waals surface area contributed by atoms with Crippen LogP contribution in [-0.4, -0.2) is 0 Å². The summed E-state index contributed by atoms with van der Waals surface area (Å²) in [4.78, 5) is 0. The van der Waals surface area contributed by atoms with Gasteiger partial charge in [-0.1, -0.05) is 0 Å². The van der Waals surface area contributed by atoms with Crippen molar-refractivity contribution in [1.82, 2.24) is 0 Å². The molecule has 1 aromatic carbocycles. The molecule has 26 valence electrons. The molecule has 0 saturated carbocycles. The van der Waals surface area contributed by atoms with E-state index in [0.29, 0.717) is 0 Å². The van der Waals surface area contributed by atoms with Gasteiger partial charge in [-0.3, -0.25) is 0 Å². The van der Waals surface area contributed by atoms with E-state index < -0.39 is 0 Å². The van der Waals surface area contributed by atoms with E-state index >= 15 is 0 Å². The van der Waals surface area contributed by atoms with Gasteiger partial charge in [0, 0.05) is 0 Å². The second kappa shape index (κ2) is 3.54. The van der Waals surface area contributed by atoms with Crippen LogP contribution >= 0.6 is 0 Å². The first-order valence-corrected chi connectivity index (χ1v) is 1.58. The monoisotopic (exact) mass is 87.0 g/mol. The van der Waals surface area contributed by atoms with Crippen molar-refractivity contribution in [2.75, 3.05) is 0 Å². The second-order valence-corrected chi connectivity index (χ2v) is 0.885. The van der Waals surface area contributed by atoms with E-state index in [1.807, 2.05) is 24.3 Å². The Kier molecular flexibility index (Phi) is 3.74. The van der Waals surface area contributed by atoms with Crippen LogP contribution in [0.5, 0.6) is 0 Å². The van der Waals surface area contributed by atoms with E-state index in [0.717, 1.165) is 0 Å². The molecular formula is C5H4Na-. The number of hydrogen-bond donors (Lipinski definition) is 0. The summed E-state index contributed by atoms with van der Waals surface area (Å²) < 4.78 is 0. The number of rotatable bonds is 0. The van der Waals surface area contributed by atoms with Crippen LogP contribution in [0.1, 0.15) is 0 Å². The zero-order valence-corrected chi connectivity index (χ0v) is 5.81. The molecule has 0 unspecified atom stereocenters. The standard InChI is InChI=1S/C5H4.Na/c1-2-4-5-3-1;/h1-4H;/q-2;+1. The summed E-state index contributed by atoms with van der Waals surface area (Å²) in [6.07, 6.45) is 0. The molecule has 1 heteroatoms. The third-order valence-corrected chi connectivity index (χ3v) is 0.496. The Hall–Kier alpha value is 0.350. The molecule has 0 heterocycles. The van der Waals surface area contributed by atoms with Gasteiger partial charge in [0.15, 0.2) is 0 Å². The summed E-state index contributed by atoms with van der Waals surface area (Å²) in [5, 5.41) is 0. The average molecular weight is 87.1 g/mol. The van der Waals surface area contributed by atoms with Crippen LogP contribution in [-0.2, 0) is 0 Å². The zero-order chi connectivity index (χ0) is 3.54. The van der Waals surface area contributed by atoms with E-state index in [1.165, 1.54) is 0 Å². The van der Waals surface area contributed by atoms with Crippen LogP contribution in [0.15, 0.2) is 24.3 Å². The molecule has 6 heavy (non-hydrogen) atoms. The van der Waals surface area contributed by atoms with Crippen LogP contribution in [0, 0.1) is 6.07 Å². The largest absolute Gasteiger partial charge is 1.00 e. The van der Waals surface area contributed by atoms with Gasteiger partial charge in [-0.05, 0) is 0 Å². The van der Waals surface area contributed by atoms with Crippen LogP contribution in [0.4, 0.5) is 0 Å². The van der Waals surface area contributed by atoms with E-state index in [1.54, 1.807) is 0 Å².